The SMILES string of the molecule is COc1ccc2ccccc2c1/C=N\NC(=O)c1ccc(N)cc1. The van der Waals surface area contributed by atoms with Gasteiger partial charge in [0.1, 0.15) is 5.75 Å². The summed E-state index contributed by atoms with van der Waals surface area (Å²) in [6.07, 6.45) is 1.59. The number of anilines is 1. The summed E-state index contributed by atoms with van der Waals surface area (Å²) in [6, 6.07) is 18.4. The number of hydrogen-bond acceptors (Lipinski definition) is 4. The van der Waals surface area contributed by atoms with Gasteiger partial charge in [-0.05, 0) is 41.1 Å². The lowest BCUT2D eigenvalue weighted by Crippen LogP contribution is -2.17. The summed E-state index contributed by atoms with van der Waals surface area (Å²) in [6.45, 7) is 0. The Labute approximate surface area is 139 Å². The number of nitrogens with one attached hydrogen (secondary N) is 1. The standard InChI is InChI=1S/C19H17N3O2/c1-24-18-11-8-13-4-2-3-5-16(13)17(18)12-21-22-19(23)14-6-9-15(20)10-7-14/h2-12H,20H2,1H3,(H,22,23)/b21-12-. The molecule has 3 aromatic carbocycles. The average Bonchev–Trinajstić information content (AvgIpc) is 2.62. The van der Waals surface area contributed by atoms with Crippen molar-refractivity contribution in [3.05, 3.63) is 71.8 Å². The van der Waals surface area contributed by atoms with Crippen LogP contribution in [0.1, 0.15) is 15.9 Å². The summed E-state index contributed by atoms with van der Waals surface area (Å²) in [5, 5.41) is 6.14. The Kier molecular flexibility index (Phi) is 4.43. The number of rotatable bonds is 4. The van der Waals surface area contributed by atoms with Gasteiger partial charge in [-0.15, -0.1) is 0 Å². The van der Waals surface area contributed by atoms with Crippen molar-refractivity contribution in [1.82, 2.24) is 5.43 Å². The molecule has 0 fully saturated rings. The zero-order valence-corrected chi connectivity index (χ0v) is 13.2. The molecule has 5 nitrogen and oxygen atoms in total. The van der Waals surface area contributed by atoms with Gasteiger partial charge in [0.15, 0.2) is 0 Å². The van der Waals surface area contributed by atoms with Crippen molar-refractivity contribution < 1.29 is 9.53 Å². The summed E-state index contributed by atoms with van der Waals surface area (Å²) in [5.74, 6) is 0.393. The molecule has 0 aliphatic heterocycles. The minimum atomic E-state index is -0.301. The number of carbonyl (C=O) groups is 1. The highest BCUT2D eigenvalue weighted by Gasteiger charge is 2.07. The molecular formula is C19H17N3O2. The molecule has 1 amide bonds. The predicted octanol–water partition coefficient (Wildman–Crippen LogP) is 3.19. The van der Waals surface area contributed by atoms with Crippen molar-refractivity contribution in [3.63, 3.8) is 0 Å². The number of nitrogen functional groups attached to an aromatic ring is 1. The third-order valence-corrected chi connectivity index (χ3v) is 3.68. The van der Waals surface area contributed by atoms with Gasteiger partial charge < -0.3 is 10.5 Å². The fourth-order valence-electron chi connectivity index (χ4n) is 2.44. The Morgan fingerprint density at radius 1 is 1.08 bits per heavy atom. The maximum absolute atomic E-state index is 12.1. The van der Waals surface area contributed by atoms with Gasteiger partial charge in [0, 0.05) is 16.8 Å². The molecule has 0 bridgehead atoms. The predicted molar refractivity (Wildman–Crippen MR) is 96.4 cm³/mol. The van der Waals surface area contributed by atoms with Gasteiger partial charge in [-0.25, -0.2) is 5.43 Å². The number of ether oxygens (including phenoxy) is 1. The highest BCUT2D eigenvalue weighted by molar-refractivity contribution is 6.03. The van der Waals surface area contributed by atoms with E-state index in [2.05, 4.69) is 10.5 Å². The molecule has 3 aromatic rings. The molecule has 0 saturated heterocycles. The van der Waals surface area contributed by atoms with E-state index in [0.717, 1.165) is 16.3 Å². The van der Waals surface area contributed by atoms with Crippen molar-refractivity contribution in [2.24, 2.45) is 5.10 Å². The Balaban J connectivity index is 1.85. The zero-order chi connectivity index (χ0) is 16.9. The van der Waals surface area contributed by atoms with Gasteiger partial charge in [0.2, 0.25) is 0 Å². The van der Waals surface area contributed by atoms with Gasteiger partial charge in [0.25, 0.3) is 5.91 Å². The number of methoxy groups -OCH3 is 1. The number of fused-ring (bicyclic) bond motifs is 1. The first-order valence-electron chi connectivity index (χ1n) is 7.44. The van der Waals surface area contributed by atoms with Crippen LogP contribution in [0.5, 0.6) is 5.75 Å². The second kappa shape index (κ2) is 6.83. The fraction of sp³-hybridized carbons (Fsp3) is 0.0526. The zero-order valence-electron chi connectivity index (χ0n) is 13.2. The minimum absolute atomic E-state index is 0.301. The maximum atomic E-state index is 12.1. The highest BCUT2D eigenvalue weighted by Crippen LogP contribution is 2.26. The largest absolute Gasteiger partial charge is 0.496 e. The molecule has 0 heterocycles. The van der Waals surface area contributed by atoms with E-state index in [9.17, 15) is 4.79 Å². The van der Waals surface area contributed by atoms with Gasteiger partial charge >= 0.3 is 0 Å². The van der Waals surface area contributed by atoms with E-state index < -0.39 is 0 Å². The molecule has 5 heteroatoms. The number of carbonyl (C=O) groups excluding carboxylic acids is 1. The molecule has 0 spiro atoms. The van der Waals surface area contributed by atoms with Crippen LogP contribution in [0, 0.1) is 0 Å². The Bertz CT molecular complexity index is 902. The number of amides is 1. The van der Waals surface area contributed by atoms with Crippen LogP contribution in [0.2, 0.25) is 0 Å². The molecule has 0 radical (unpaired) electrons. The Hall–Kier alpha value is -3.34. The van der Waals surface area contributed by atoms with Gasteiger partial charge in [-0.3, -0.25) is 4.79 Å². The summed E-state index contributed by atoms with van der Waals surface area (Å²) in [4.78, 5) is 12.1. The summed E-state index contributed by atoms with van der Waals surface area (Å²) < 4.78 is 5.39. The van der Waals surface area contributed by atoms with Crippen LogP contribution in [0.25, 0.3) is 10.8 Å². The number of hydrogen-bond donors (Lipinski definition) is 2. The van der Waals surface area contributed by atoms with Crippen LogP contribution in [0.3, 0.4) is 0 Å². The monoisotopic (exact) mass is 319 g/mol. The van der Waals surface area contributed by atoms with Crippen molar-refractivity contribution in [3.8, 4) is 5.75 Å². The van der Waals surface area contributed by atoms with Crippen molar-refractivity contribution in [1.29, 1.82) is 0 Å². The fourth-order valence-corrected chi connectivity index (χ4v) is 2.44. The van der Waals surface area contributed by atoms with E-state index in [1.54, 1.807) is 37.6 Å². The van der Waals surface area contributed by atoms with Crippen LogP contribution < -0.4 is 15.9 Å². The molecule has 0 saturated carbocycles. The molecule has 0 aromatic heterocycles. The van der Waals surface area contributed by atoms with Gasteiger partial charge in [-0.2, -0.15) is 5.10 Å². The van der Waals surface area contributed by atoms with Crippen LogP contribution in [-0.4, -0.2) is 19.2 Å². The third kappa shape index (κ3) is 3.20. The summed E-state index contributed by atoms with van der Waals surface area (Å²) in [7, 11) is 1.61. The first-order chi connectivity index (χ1) is 11.7. The lowest BCUT2D eigenvalue weighted by Gasteiger charge is -2.08. The van der Waals surface area contributed by atoms with E-state index in [-0.39, 0.29) is 5.91 Å². The van der Waals surface area contributed by atoms with E-state index >= 15 is 0 Å². The average molecular weight is 319 g/mol. The lowest BCUT2D eigenvalue weighted by atomic mass is 10.0. The van der Waals surface area contributed by atoms with E-state index in [1.165, 1.54) is 0 Å². The molecular weight excluding hydrogens is 302 g/mol. The van der Waals surface area contributed by atoms with E-state index in [4.69, 9.17) is 10.5 Å². The first kappa shape index (κ1) is 15.6. The van der Waals surface area contributed by atoms with Crippen molar-refractivity contribution >= 4 is 28.6 Å². The smallest absolute Gasteiger partial charge is 0.271 e. The topological polar surface area (TPSA) is 76.7 Å². The lowest BCUT2D eigenvalue weighted by molar-refractivity contribution is 0.0955. The molecule has 0 aliphatic rings. The second-order valence-electron chi connectivity index (χ2n) is 5.22. The van der Waals surface area contributed by atoms with Crippen LogP contribution in [0.15, 0.2) is 65.8 Å². The van der Waals surface area contributed by atoms with Crippen LogP contribution in [-0.2, 0) is 0 Å². The molecule has 0 aliphatic carbocycles. The number of hydrazone groups is 1. The quantitative estimate of drug-likeness (QED) is 0.440. The highest BCUT2D eigenvalue weighted by atomic mass is 16.5. The number of benzene rings is 3. The second-order valence-corrected chi connectivity index (χ2v) is 5.22. The van der Waals surface area contributed by atoms with Crippen LogP contribution in [0.4, 0.5) is 5.69 Å². The first-order valence-corrected chi connectivity index (χ1v) is 7.44. The van der Waals surface area contributed by atoms with Gasteiger partial charge in [-0.1, -0.05) is 30.3 Å². The molecule has 3 rings (SSSR count). The molecule has 0 atom stereocenters. The maximum Gasteiger partial charge on any atom is 0.271 e. The van der Waals surface area contributed by atoms with E-state index in [0.29, 0.717) is 17.0 Å². The molecule has 24 heavy (non-hydrogen) atoms. The van der Waals surface area contributed by atoms with Crippen molar-refractivity contribution in [2.75, 3.05) is 12.8 Å². The van der Waals surface area contributed by atoms with Crippen molar-refractivity contribution in [2.45, 2.75) is 0 Å². The molecule has 120 valence electrons. The van der Waals surface area contributed by atoms with E-state index in [1.807, 2.05) is 36.4 Å². The minimum Gasteiger partial charge on any atom is -0.496 e. The molecule has 0 unspecified atom stereocenters. The van der Waals surface area contributed by atoms with Gasteiger partial charge in [0.05, 0.1) is 13.3 Å². The summed E-state index contributed by atoms with van der Waals surface area (Å²) >= 11 is 0. The Morgan fingerprint density at radius 2 is 1.83 bits per heavy atom. The third-order valence-electron chi connectivity index (χ3n) is 3.68. The normalized spacial score (nSPS) is 10.9. The number of nitrogens with two attached hydrogens (primary N) is 1. The molecule has 3 N–H and O–H groups in total. The number of nitrogens with zero attached hydrogens (tertiary/aromatic N) is 1. The van der Waals surface area contributed by atoms with Crippen LogP contribution >= 0.6 is 0 Å². The Morgan fingerprint density at radius 3 is 2.58 bits per heavy atom. The summed E-state index contributed by atoms with van der Waals surface area (Å²) in [5.41, 5.74) is 10.0.